The molecule has 19 nitrogen and oxygen atoms in total. The minimum absolute atomic E-state index is 0.00355. The molecule has 0 atom stereocenters. The van der Waals surface area contributed by atoms with Crippen LogP contribution in [0.4, 0.5) is 0 Å². The summed E-state index contributed by atoms with van der Waals surface area (Å²) in [6, 6.07) is 0. The van der Waals surface area contributed by atoms with E-state index in [1.54, 1.807) is 0 Å². The van der Waals surface area contributed by atoms with Crippen molar-refractivity contribution in [3.63, 3.8) is 0 Å². The Morgan fingerprint density at radius 3 is 1.35 bits per heavy atom. The number of hydrogen-bond donors (Lipinski definition) is 5. The number of methoxy groups -OCH3 is 2. The number of Topliss-reactive ketones (excluding diaryl/α,β-unsaturated/α-hetero) is 2. The zero-order valence-electron chi connectivity index (χ0n) is 26.2. The summed E-state index contributed by atoms with van der Waals surface area (Å²) in [7, 11) is 3.84. The van der Waals surface area contributed by atoms with E-state index in [9.17, 15) is 19.2 Å². The van der Waals surface area contributed by atoms with E-state index >= 15 is 0 Å². The van der Waals surface area contributed by atoms with Gasteiger partial charge in [-0.3, -0.25) is 9.59 Å². The largest absolute Gasteiger partial charge is 0.494 e. The molecule has 5 N–H and O–H groups in total. The van der Waals surface area contributed by atoms with Gasteiger partial charge in [0.1, 0.15) is 24.2 Å². The Bertz CT molecular complexity index is 1980. The fourth-order valence-electron chi connectivity index (χ4n) is 4.58. The highest BCUT2D eigenvalue weighted by molar-refractivity contribution is 6.43. The molecule has 0 fully saturated rings. The van der Waals surface area contributed by atoms with Gasteiger partial charge >= 0.3 is 11.9 Å². The van der Waals surface area contributed by atoms with Crippen molar-refractivity contribution in [2.75, 3.05) is 21.3 Å². The number of carbonyl (C=O) groups excluding carboxylic acids is 2. The highest BCUT2D eigenvalue weighted by Crippen LogP contribution is 2.32. The number of carboxylic acids is 2. The quantitative estimate of drug-likeness (QED) is 0.103. The number of hydrogen-bond acceptors (Lipinski definition) is 13. The van der Waals surface area contributed by atoms with Crippen molar-refractivity contribution in [3.05, 3.63) is 60.2 Å². The SMILES string of the molecule is CCc1ncn(-c2ncc(OC)c3c(C(=O)C(=O)O)c[nH]c23)n1.CCc1ncn(-c2ncc(OC)c3c(C(=O)C(=O)O)c[nH]c23)n1.CO. The van der Waals surface area contributed by atoms with Gasteiger partial charge in [0.05, 0.1) is 59.5 Å². The number of ketones is 2. The number of rotatable bonds is 10. The number of fused-ring (bicyclic) bond motifs is 2. The fraction of sp³-hybridized carbons (Fsp3) is 0.241. The summed E-state index contributed by atoms with van der Waals surface area (Å²) in [5, 5.41) is 34.1. The van der Waals surface area contributed by atoms with Crippen LogP contribution in [-0.4, -0.2) is 110 Å². The molecule has 6 aromatic rings. The van der Waals surface area contributed by atoms with Gasteiger partial charge in [-0.15, -0.1) is 10.2 Å². The van der Waals surface area contributed by atoms with E-state index in [-0.39, 0.29) is 11.1 Å². The van der Waals surface area contributed by atoms with Gasteiger partial charge in [-0.05, 0) is 0 Å². The number of H-pyrrole nitrogens is 2. The molecule has 0 amide bonds. The zero-order valence-corrected chi connectivity index (χ0v) is 26.2. The second-order valence-corrected chi connectivity index (χ2v) is 9.39. The van der Waals surface area contributed by atoms with Crippen LogP contribution in [0, 0.1) is 0 Å². The summed E-state index contributed by atoms with van der Waals surface area (Å²) in [6.45, 7) is 3.85. The van der Waals surface area contributed by atoms with Crippen molar-refractivity contribution in [1.29, 1.82) is 0 Å². The standard InChI is InChI=1S/2C14H13N5O4.CH4O/c2*1-3-9-17-6-19(18-9)13-11-10(8(23-2)5-16-13)7(4-15-11)12(20)14(21)22;1-2/h2*4-6,15H,3H2,1-2H3,(H,21,22);2H,1H3. The van der Waals surface area contributed by atoms with Crippen LogP contribution in [0.5, 0.6) is 11.5 Å². The van der Waals surface area contributed by atoms with Gasteiger partial charge in [0, 0.05) is 32.3 Å². The lowest BCUT2D eigenvalue weighted by Gasteiger charge is -2.06. The number of aromatic amines is 2. The summed E-state index contributed by atoms with van der Waals surface area (Å²) < 4.78 is 13.3. The van der Waals surface area contributed by atoms with Gasteiger partial charge in [-0.25, -0.2) is 38.9 Å². The number of aliphatic hydroxyl groups is 1. The van der Waals surface area contributed by atoms with Crippen molar-refractivity contribution < 1.29 is 44.0 Å². The van der Waals surface area contributed by atoms with Gasteiger partial charge < -0.3 is 34.8 Å². The van der Waals surface area contributed by atoms with Crippen molar-refractivity contribution in [2.45, 2.75) is 26.7 Å². The van der Waals surface area contributed by atoms with E-state index in [1.807, 2.05) is 13.8 Å². The predicted octanol–water partition coefficient (Wildman–Crippen LogP) is 1.57. The van der Waals surface area contributed by atoms with E-state index in [0.29, 0.717) is 69.4 Å². The smallest absolute Gasteiger partial charge is 0.377 e. The Morgan fingerprint density at radius 2 is 1.06 bits per heavy atom. The molecule has 6 aromatic heterocycles. The van der Waals surface area contributed by atoms with Crippen LogP contribution in [0.1, 0.15) is 46.2 Å². The molecule has 48 heavy (non-hydrogen) atoms. The molecular weight excluding hydrogens is 632 g/mol. The molecule has 6 rings (SSSR count). The van der Waals surface area contributed by atoms with Crippen molar-refractivity contribution in [1.82, 2.24) is 49.5 Å². The highest BCUT2D eigenvalue weighted by Gasteiger charge is 2.25. The van der Waals surface area contributed by atoms with E-state index in [2.05, 4.69) is 40.1 Å². The van der Waals surface area contributed by atoms with Crippen LogP contribution in [0.15, 0.2) is 37.4 Å². The van der Waals surface area contributed by atoms with Gasteiger partial charge in [0.15, 0.2) is 23.3 Å². The lowest BCUT2D eigenvalue weighted by atomic mass is 10.1. The molecule has 0 aliphatic rings. The van der Waals surface area contributed by atoms with Gasteiger partial charge in [-0.1, -0.05) is 13.8 Å². The Morgan fingerprint density at radius 1 is 0.688 bits per heavy atom. The lowest BCUT2D eigenvalue weighted by Crippen LogP contribution is -2.12. The van der Waals surface area contributed by atoms with Crippen LogP contribution in [0.3, 0.4) is 0 Å². The summed E-state index contributed by atoms with van der Waals surface area (Å²) in [6.07, 6.45) is 9.83. The number of pyridine rings is 2. The molecule has 250 valence electrons. The first-order chi connectivity index (χ1) is 23.1. The molecule has 0 aliphatic carbocycles. The summed E-state index contributed by atoms with van der Waals surface area (Å²) in [5.41, 5.74) is 0.899. The molecule has 0 saturated heterocycles. The van der Waals surface area contributed by atoms with E-state index < -0.39 is 23.5 Å². The number of carboxylic acid groups (broad SMARTS) is 2. The second-order valence-electron chi connectivity index (χ2n) is 9.39. The molecular formula is C29H30N10O9. The minimum atomic E-state index is -1.54. The average Bonchev–Trinajstić information content (AvgIpc) is 3.93. The molecule has 0 spiro atoms. The molecule has 0 aliphatic heterocycles. The van der Waals surface area contributed by atoms with Crippen LogP contribution in [0.25, 0.3) is 33.4 Å². The number of aliphatic carboxylic acids is 2. The number of ether oxygens (including phenoxy) is 2. The van der Waals surface area contributed by atoms with Crippen LogP contribution in [0.2, 0.25) is 0 Å². The number of aryl methyl sites for hydroxylation is 2. The topological polar surface area (TPSA) is 266 Å². The van der Waals surface area contributed by atoms with E-state index in [1.165, 1.54) is 61.0 Å². The molecule has 6 heterocycles. The molecule has 0 bridgehead atoms. The first kappa shape index (κ1) is 34.4. The monoisotopic (exact) mass is 662 g/mol. The van der Waals surface area contributed by atoms with Gasteiger partial charge in [0.25, 0.3) is 11.6 Å². The van der Waals surface area contributed by atoms with Crippen LogP contribution in [-0.2, 0) is 22.4 Å². The zero-order chi connectivity index (χ0) is 35.1. The summed E-state index contributed by atoms with van der Waals surface area (Å²) in [5.74, 6) is -2.46. The summed E-state index contributed by atoms with van der Waals surface area (Å²) in [4.78, 5) is 68.2. The molecule has 0 radical (unpaired) electrons. The number of nitrogens with one attached hydrogen (secondary N) is 2. The Hall–Kier alpha value is -6.50. The number of nitrogens with zero attached hydrogens (tertiary/aromatic N) is 8. The molecule has 0 unspecified atom stereocenters. The Labute approximate surface area is 270 Å². The predicted molar refractivity (Wildman–Crippen MR) is 166 cm³/mol. The first-order valence-corrected chi connectivity index (χ1v) is 14.0. The molecule has 0 aromatic carbocycles. The van der Waals surface area contributed by atoms with Crippen molar-refractivity contribution in [3.8, 4) is 23.1 Å². The van der Waals surface area contributed by atoms with Crippen LogP contribution < -0.4 is 9.47 Å². The highest BCUT2D eigenvalue weighted by atomic mass is 16.5. The third-order valence-corrected chi connectivity index (χ3v) is 6.77. The second kappa shape index (κ2) is 14.7. The van der Waals surface area contributed by atoms with E-state index in [4.69, 9.17) is 24.8 Å². The lowest BCUT2D eigenvalue weighted by molar-refractivity contribution is -0.132. The number of aliphatic hydroxyl groups excluding tert-OH is 1. The first-order valence-electron chi connectivity index (χ1n) is 14.0. The maximum atomic E-state index is 11.9. The third-order valence-electron chi connectivity index (χ3n) is 6.77. The number of aromatic nitrogens is 10. The average molecular weight is 663 g/mol. The van der Waals surface area contributed by atoms with Gasteiger partial charge in [-0.2, -0.15) is 0 Å². The third kappa shape index (κ3) is 6.42. The normalized spacial score (nSPS) is 10.5. The minimum Gasteiger partial charge on any atom is -0.494 e. The number of carbonyl (C=O) groups is 4. The summed E-state index contributed by atoms with van der Waals surface area (Å²) >= 11 is 0. The Kier molecular flexibility index (Phi) is 10.5. The molecule has 19 heteroatoms. The Balaban J connectivity index is 0.000000206. The van der Waals surface area contributed by atoms with Crippen LogP contribution >= 0.6 is 0 Å². The molecule has 0 saturated carbocycles. The van der Waals surface area contributed by atoms with Crippen molar-refractivity contribution in [2.24, 2.45) is 0 Å². The van der Waals surface area contributed by atoms with E-state index in [0.717, 1.165) is 7.11 Å². The maximum Gasteiger partial charge on any atom is 0.377 e. The maximum absolute atomic E-state index is 11.9. The van der Waals surface area contributed by atoms with Crippen molar-refractivity contribution >= 4 is 45.3 Å². The van der Waals surface area contributed by atoms with Gasteiger partial charge in [0.2, 0.25) is 0 Å². The fourth-order valence-corrected chi connectivity index (χ4v) is 4.58.